The highest BCUT2D eigenvalue weighted by Crippen LogP contribution is 2.23. The molecule has 0 aromatic carbocycles. The van der Waals surface area contributed by atoms with Gasteiger partial charge < -0.3 is 19.9 Å². The van der Waals surface area contributed by atoms with Gasteiger partial charge in [0.1, 0.15) is 5.76 Å². The van der Waals surface area contributed by atoms with E-state index in [2.05, 4.69) is 15.8 Å². The Morgan fingerprint density at radius 2 is 2.23 bits per heavy atom. The smallest absolute Gasteiger partial charge is 0.315 e. The number of carbonyl (C=O) groups is 1. The van der Waals surface area contributed by atoms with Crippen LogP contribution in [0.15, 0.2) is 4.52 Å². The molecule has 2 atom stereocenters. The first-order valence-electron chi connectivity index (χ1n) is 8.20. The molecule has 6 nitrogen and oxygen atoms in total. The largest absolute Gasteiger partial charge is 0.378 e. The number of nitrogens with one attached hydrogen (secondary N) is 2. The highest BCUT2D eigenvalue weighted by Gasteiger charge is 2.21. The molecule has 1 aliphatic heterocycles. The Hall–Kier alpha value is -1.56. The Balaban J connectivity index is 1.77. The van der Waals surface area contributed by atoms with Gasteiger partial charge in [-0.05, 0) is 46.0 Å². The molecule has 1 aliphatic rings. The number of hydrogen-bond acceptors (Lipinski definition) is 4. The van der Waals surface area contributed by atoms with E-state index < -0.39 is 0 Å². The van der Waals surface area contributed by atoms with Crippen LogP contribution in [0, 0.1) is 13.8 Å². The van der Waals surface area contributed by atoms with Gasteiger partial charge in [0, 0.05) is 18.7 Å². The van der Waals surface area contributed by atoms with Crippen molar-refractivity contribution in [3.63, 3.8) is 0 Å². The minimum Gasteiger partial charge on any atom is -0.378 e. The van der Waals surface area contributed by atoms with Crippen molar-refractivity contribution in [1.29, 1.82) is 0 Å². The molecular formula is C16H27N3O3. The summed E-state index contributed by atoms with van der Waals surface area (Å²) in [6.07, 6.45) is 5.43. The molecule has 0 aliphatic carbocycles. The van der Waals surface area contributed by atoms with E-state index in [0.717, 1.165) is 49.3 Å². The van der Waals surface area contributed by atoms with Crippen molar-refractivity contribution in [2.75, 3.05) is 13.2 Å². The molecule has 2 amide bonds. The Morgan fingerprint density at radius 1 is 1.41 bits per heavy atom. The summed E-state index contributed by atoms with van der Waals surface area (Å²) < 4.78 is 10.8. The van der Waals surface area contributed by atoms with E-state index in [1.807, 2.05) is 20.8 Å². The normalized spacial score (nSPS) is 19.7. The van der Waals surface area contributed by atoms with Gasteiger partial charge in [-0.2, -0.15) is 0 Å². The number of amides is 2. The molecule has 6 heteroatoms. The second kappa shape index (κ2) is 8.17. The Morgan fingerprint density at radius 3 is 2.82 bits per heavy atom. The lowest BCUT2D eigenvalue weighted by Gasteiger charge is -2.23. The summed E-state index contributed by atoms with van der Waals surface area (Å²) in [4.78, 5) is 12.1. The molecule has 0 bridgehead atoms. The van der Waals surface area contributed by atoms with Gasteiger partial charge in [0.05, 0.1) is 17.8 Å². The summed E-state index contributed by atoms with van der Waals surface area (Å²) in [6.45, 7) is 7.29. The van der Waals surface area contributed by atoms with Crippen LogP contribution < -0.4 is 10.6 Å². The lowest BCUT2D eigenvalue weighted by Crippen LogP contribution is -2.39. The molecule has 0 unspecified atom stereocenters. The fraction of sp³-hybridized carbons (Fsp3) is 0.750. The van der Waals surface area contributed by atoms with E-state index in [1.165, 1.54) is 6.42 Å². The Labute approximate surface area is 132 Å². The maximum Gasteiger partial charge on any atom is 0.315 e. The van der Waals surface area contributed by atoms with Crippen molar-refractivity contribution in [3.8, 4) is 0 Å². The van der Waals surface area contributed by atoms with Crippen LogP contribution in [0.3, 0.4) is 0 Å². The van der Waals surface area contributed by atoms with Gasteiger partial charge in [-0.15, -0.1) is 0 Å². The van der Waals surface area contributed by atoms with Gasteiger partial charge in [0.15, 0.2) is 0 Å². The number of hydrogen-bond donors (Lipinski definition) is 2. The highest BCUT2D eigenvalue weighted by atomic mass is 16.5. The lowest BCUT2D eigenvalue weighted by molar-refractivity contribution is 0.0120. The van der Waals surface area contributed by atoms with E-state index in [-0.39, 0.29) is 12.1 Å². The molecule has 2 rings (SSSR count). The monoisotopic (exact) mass is 309 g/mol. The molecule has 1 aromatic heterocycles. The summed E-state index contributed by atoms with van der Waals surface area (Å²) in [5, 5.41) is 9.86. The van der Waals surface area contributed by atoms with Gasteiger partial charge in [-0.3, -0.25) is 0 Å². The van der Waals surface area contributed by atoms with Crippen LogP contribution in [0.5, 0.6) is 0 Å². The van der Waals surface area contributed by atoms with Crippen LogP contribution in [-0.2, 0) is 4.74 Å². The molecule has 1 saturated heterocycles. The van der Waals surface area contributed by atoms with Crippen LogP contribution in [0.2, 0.25) is 0 Å². The predicted octanol–water partition coefficient (Wildman–Crippen LogP) is 3.00. The fourth-order valence-electron chi connectivity index (χ4n) is 2.96. The molecule has 1 aromatic rings. The van der Waals surface area contributed by atoms with Gasteiger partial charge in [0.2, 0.25) is 0 Å². The van der Waals surface area contributed by atoms with E-state index >= 15 is 0 Å². The molecule has 0 saturated carbocycles. The van der Waals surface area contributed by atoms with Crippen molar-refractivity contribution in [2.24, 2.45) is 0 Å². The predicted molar refractivity (Wildman–Crippen MR) is 83.8 cm³/mol. The third-order valence-corrected chi connectivity index (χ3v) is 4.18. The number of ether oxygens (including phenoxy) is 1. The van der Waals surface area contributed by atoms with Crippen molar-refractivity contribution < 1.29 is 14.1 Å². The lowest BCUT2D eigenvalue weighted by atomic mass is 10.0. The number of carbonyl (C=O) groups excluding carboxylic acids is 1. The molecule has 22 heavy (non-hydrogen) atoms. The summed E-state index contributed by atoms with van der Waals surface area (Å²) in [5.74, 6) is 0.764. The average Bonchev–Trinajstić information content (AvgIpc) is 2.85. The molecule has 2 N–H and O–H groups in total. The van der Waals surface area contributed by atoms with Crippen molar-refractivity contribution in [1.82, 2.24) is 15.8 Å². The number of aryl methyl sites for hydroxylation is 2. The third-order valence-electron chi connectivity index (χ3n) is 4.18. The zero-order chi connectivity index (χ0) is 15.9. The van der Waals surface area contributed by atoms with Gasteiger partial charge >= 0.3 is 6.03 Å². The van der Waals surface area contributed by atoms with Crippen molar-refractivity contribution >= 4 is 6.03 Å². The summed E-state index contributed by atoms with van der Waals surface area (Å²) in [6, 6.07) is -0.222. The fourth-order valence-corrected chi connectivity index (χ4v) is 2.96. The second-order valence-electron chi connectivity index (χ2n) is 5.88. The van der Waals surface area contributed by atoms with Crippen LogP contribution in [0.25, 0.3) is 0 Å². The standard InChI is InChI=1S/C16H27N3O3/c1-4-14(15-11(2)19-22-12(15)3)18-16(20)17-9-8-13-7-5-6-10-21-13/h13-14H,4-10H2,1-3H3,(H2,17,18,20)/t13-,14-/m0/s1. The number of nitrogens with zero attached hydrogens (tertiary/aromatic N) is 1. The van der Waals surface area contributed by atoms with Gasteiger partial charge in [0.25, 0.3) is 0 Å². The molecule has 0 radical (unpaired) electrons. The zero-order valence-electron chi connectivity index (χ0n) is 13.8. The molecule has 1 fully saturated rings. The van der Waals surface area contributed by atoms with E-state index in [4.69, 9.17) is 9.26 Å². The number of urea groups is 1. The van der Waals surface area contributed by atoms with Crippen LogP contribution in [0.4, 0.5) is 4.79 Å². The molecule has 2 heterocycles. The van der Waals surface area contributed by atoms with Crippen molar-refractivity contribution in [3.05, 3.63) is 17.0 Å². The van der Waals surface area contributed by atoms with Gasteiger partial charge in [-0.25, -0.2) is 4.79 Å². The van der Waals surface area contributed by atoms with Crippen LogP contribution >= 0.6 is 0 Å². The molecule has 0 spiro atoms. The molecular weight excluding hydrogens is 282 g/mol. The first-order valence-corrected chi connectivity index (χ1v) is 8.20. The Bertz CT molecular complexity index is 461. The first-order chi connectivity index (χ1) is 10.6. The van der Waals surface area contributed by atoms with Crippen LogP contribution in [-0.4, -0.2) is 30.4 Å². The summed E-state index contributed by atoms with van der Waals surface area (Å²) in [5.41, 5.74) is 1.81. The van der Waals surface area contributed by atoms with Gasteiger partial charge in [-0.1, -0.05) is 12.1 Å². The maximum atomic E-state index is 12.1. The quantitative estimate of drug-likeness (QED) is 0.847. The average molecular weight is 309 g/mol. The summed E-state index contributed by atoms with van der Waals surface area (Å²) >= 11 is 0. The zero-order valence-corrected chi connectivity index (χ0v) is 13.8. The van der Waals surface area contributed by atoms with E-state index in [9.17, 15) is 4.79 Å². The van der Waals surface area contributed by atoms with Crippen LogP contribution in [0.1, 0.15) is 62.1 Å². The highest BCUT2D eigenvalue weighted by molar-refractivity contribution is 5.74. The number of rotatable bonds is 6. The third kappa shape index (κ3) is 4.47. The first kappa shape index (κ1) is 16.8. The topological polar surface area (TPSA) is 76.4 Å². The van der Waals surface area contributed by atoms with E-state index in [1.54, 1.807) is 0 Å². The SMILES string of the molecule is CC[C@H](NC(=O)NCC[C@@H]1CCCCO1)c1c(C)noc1C. The molecule has 124 valence electrons. The number of aromatic nitrogens is 1. The Kier molecular flexibility index (Phi) is 6.24. The van der Waals surface area contributed by atoms with Crippen molar-refractivity contribution in [2.45, 2.75) is 65.0 Å². The maximum absolute atomic E-state index is 12.1. The summed E-state index contributed by atoms with van der Waals surface area (Å²) in [7, 11) is 0. The minimum atomic E-state index is -0.150. The second-order valence-corrected chi connectivity index (χ2v) is 5.88. The van der Waals surface area contributed by atoms with E-state index in [0.29, 0.717) is 12.6 Å². The minimum absolute atomic E-state index is 0.0721.